The first-order valence-corrected chi connectivity index (χ1v) is 6.49. The van der Waals surface area contributed by atoms with Gasteiger partial charge in [-0.15, -0.1) is 0 Å². The summed E-state index contributed by atoms with van der Waals surface area (Å²) in [5, 5.41) is 11.4. The summed E-state index contributed by atoms with van der Waals surface area (Å²) in [7, 11) is 1.33. The summed E-state index contributed by atoms with van der Waals surface area (Å²) in [6.45, 7) is 0. The number of nitro groups is 1. The fourth-order valence-electron chi connectivity index (χ4n) is 1.89. The molecule has 21 heavy (non-hydrogen) atoms. The molecule has 0 N–H and O–H groups in total. The van der Waals surface area contributed by atoms with Crippen molar-refractivity contribution in [2.75, 3.05) is 7.11 Å². The summed E-state index contributed by atoms with van der Waals surface area (Å²) >= 11 is 5.79. The van der Waals surface area contributed by atoms with Crippen molar-refractivity contribution in [3.8, 4) is 5.75 Å². The summed E-state index contributed by atoms with van der Waals surface area (Å²) in [5.41, 5.74) is 1.02. The molecular formula is C15H12ClNO4. The number of Topliss-reactive ketones (excluding diaryl/α,β-unsaturated/α-hetero) is 1. The summed E-state index contributed by atoms with van der Waals surface area (Å²) in [6.07, 6.45) is 0.193. The number of halogens is 1. The van der Waals surface area contributed by atoms with E-state index in [1.165, 1.54) is 25.3 Å². The molecule has 0 unspecified atom stereocenters. The third-order valence-electron chi connectivity index (χ3n) is 2.98. The zero-order valence-electron chi connectivity index (χ0n) is 11.2. The van der Waals surface area contributed by atoms with Crippen LogP contribution in [0.5, 0.6) is 5.75 Å². The quantitative estimate of drug-likeness (QED) is 0.480. The molecular weight excluding hydrogens is 294 g/mol. The van der Waals surface area contributed by atoms with Crippen LogP contribution in [0.25, 0.3) is 0 Å². The minimum atomic E-state index is -0.549. The van der Waals surface area contributed by atoms with Gasteiger partial charge in [0, 0.05) is 23.1 Å². The fraction of sp³-hybridized carbons (Fsp3) is 0.133. The van der Waals surface area contributed by atoms with Gasteiger partial charge in [0.05, 0.1) is 12.0 Å². The molecule has 0 aliphatic rings. The van der Waals surface area contributed by atoms with Crippen LogP contribution in [0, 0.1) is 10.1 Å². The normalized spacial score (nSPS) is 10.2. The number of hydrogen-bond donors (Lipinski definition) is 0. The summed E-state index contributed by atoms with van der Waals surface area (Å²) < 4.78 is 4.95. The molecule has 0 fully saturated rings. The molecule has 0 heterocycles. The molecule has 0 bridgehead atoms. The van der Waals surface area contributed by atoms with E-state index in [-0.39, 0.29) is 23.6 Å². The number of nitro benzene ring substituents is 1. The van der Waals surface area contributed by atoms with Crippen LogP contribution >= 0.6 is 11.6 Å². The van der Waals surface area contributed by atoms with Crippen molar-refractivity contribution in [3.05, 3.63) is 68.7 Å². The second-order valence-electron chi connectivity index (χ2n) is 4.37. The first kappa shape index (κ1) is 15.0. The molecule has 2 aromatic rings. The molecule has 108 valence electrons. The zero-order chi connectivity index (χ0) is 15.4. The number of rotatable bonds is 5. The standard InChI is InChI=1S/C15H12ClNO4/c1-21-15-9-11(4-7-13(15)17(19)20)14(18)8-10-2-5-12(16)6-3-10/h2-7,9H,8H2,1H3. The summed E-state index contributed by atoms with van der Waals surface area (Å²) in [5.74, 6) is -0.0764. The lowest BCUT2D eigenvalue weighted by Crippen LogP contribution is -2.04. The van der Waals surface area contributed by atoms with Crippen molar-refractivity contribution in [3.63, 3.8) is 0 Å². The van der Waals surface area contributed by atoms with E-state index in [1.807, 2.05) is 0 Å². The highest BCUT2D eigenvalue weighted by Crippen LogP contribution is 2.28. The van der Waals surface area contributed by atoms with E-state index in [1.54, 1.807) is 24.3 Å². The molecule has 0 amide bonds. The Hall–Kier alpha value is -2.40. The van der Waals surface area contributed by atoms with Crippen molar-refractivity contribution in [2.24, 2.45) is 0 Å². The van der Waals surface area contributed by atoms with E-state index in [0.717, 1.165) is 5.56 Å². The number of ketones is 1. The number of benzene rings is 2. The highest BCUT2D eigenvalue weighted by Gasteiger charge is 2.17. The number of carbonyl (C=O) groups excluding carboxylic acids is 1. The van der Waals surface area contributed by atoms with Gasteiger partial charge in [-0.05, 0) is 29.8 Å². The van der Waals surface area contributed by atoms with Crippen molar-refractivity contribution in [1.29, 1.82) is 0 Å². The van der Waals surface area contributed by atoms with Crippen LogP contribution in [0.1, 0.15) is 15.9 Å². The Morgan fingerprint density at radius 1 is 1.24 bits per heavy atom. The Bertz CT molecular complexity index is 683. The molecule has 0 aliphatic heterocycles. The van der Waals surface area contributed by atoms with Gasteiger partial charge in [-0.1, -0.05) is 23.7 Å². The van der Waals surface area contributed by atoms with Gasteiger partial charge in [0.15, 0.2) is 11.5 Å². The molecule has 0 aliphatic carbocycles. The Morgan fingerprint density at radius 3 is 2.48 bits per heavy atom. The van der Waals surface area contributed by atoms with E-state index in [2.05, 4.69) is 0 Å². The Balaban J connectivity index is 2.23. The fourth-order valence-corrected chi connectivity index (χ4v) is 2.02. The van der Waals surface area contributed by atoms with Crippen molar-refractivity contribution >= 4 is 23.1 Å². The first-order chi connectivity index (χ1) is 10.0. The molecule has 6 heteroatoms. The zero-order valence-corrected chi connectivity index (χ0v) is 12.0. The second-order valence-corrected chi connectivity index (χ2v) is 4.81. The van der Waals surface area contributed by atoms with Crippen LogP contribution in [0.4, 0.5) is 5.69 Å². The Morgan fingerprint density at radius 2 is 1.90 bits per heavy atom. The van der Waals surface area contributed by atoms with Gasteiger partial charge in [-0.25, -0.2) is 0 Å². The largest absolute Gasteiger partial charge is 0.490 e. The van der Waals surface area contributed by atoms with Crippen LogP contribution in [-0.2, 0) is 6.42 Å². The number of hydrogen-bond acceptors (Lipinski definition) is 4. The number of ether oxygens (including phenoxy) is 1. The highest BCUT2D eigenvalue weighted by molar-refractivity contribution is 6.30. The van der Waals surface area contributed by atoms with E-state index in [9.17, 15) is 14.9 Å². The first-order valence-electron chi connectivity index (χ1n) is 6.11. The van der Waals surface area contributed by atoms with E-state index in [0.29, 0.717) is 10.6 Å². The molecule has 0 aromatic heterocycles. The maximum absolute atomic E-state index is 12.2. The minimum Gasteiger partial charge on any atom is -0.490 e. The third kappa shape index (κ3) is 3.58. The molecule has 0 saturated heterocycles. The number of methoxy groups -OCH3 is 1. The van der Waals surface area contributed by atoms with Crippen LogP contribution in [0.3, 0.4) is 0 Å². The third-order valence-corrected chi connectivity index (χ3v) is 3.23. The topological polar surface area (TPSA) is 69.4 Å². The van der Waals surface area contributed by atoms with Gasteiger partial charge >= 0.3 is 5.69 Å². The number of nitrogens with zero attached hydrogens (tertiary/aromatic N) is 1. The van der Waals surface area contributed by atoms with Crippen LogP contribution < -0.4 is 4.74 Å². The summed E-state index contributed by atoms with van der Waals surface area (Å²) in [6, 6.07) is 11.0. The lowest BCUT2D eigenvalue weighted by molar-refractivity contribution is -0.385. The van der Waals surface area contributed by atoms with Crippen molar-refractivity contribution in [2.45, 2.75) is 6.42 Å². The predicted octanol–water partition coefficient (Wildman–Crippen LogP) is 3.68. The monoisotopic (exact) mass is 305 g/mol. The Labute approximate surface area is 126 Å². The average molecular weight is 306 g/mol. The van der Waals surface area contributed by atoms with E-state index < -0.39 is 4.92 Å². The van der Waals surface area contributed by atoms with Gasteiger partial charge in [-0.3, -0.25) is 14.9 Å². The van der Waals surface area contributed by atoms with Gasteiger partial charge < -0.3 is 4.74 Å². The smallest absolute Gasteiger partial charge is 0.310 e. The van der Waals surface area contributed by atoms with E-state index >= 15 is 0 Å². The van der Waals surface area contributed by atoms with Crippen molar-refractivity contribution in [1.82, 2.24) is 0 Å². The molecule has 0 saturated carbocycles. The molecule has 2 rings (SSSR count). The molecule has 0 radical (unpaired) electrons. The highest BCUT2D eigenvalue weighted by atomic mass is 35.5. The van der Waals surface area contributed by atoms with Crippen LogP contribution in [0.2, 0.25) is 5.02 Å². The van der Waals surface area contributed by atoms with Gasteiger partial charge in [0.2, 0.25) is 0 Å². The van der Waals surface area contributed by atoms with E-state index in [4.69, 9.17) is 16.3 Å². The lowest BCUT2D eigenvalue weighted by Gasteiger charge is -2.05. The second kappa shape index (κ2) is 6.37. The lowest BCUT2D eigenvalue weighted by atomic mass is 10.0. The van der Waals surface area contributed by atoms with Crippen molar-refractivity contribution < 1.29 is 14.5 Å². The molecule has 0 atom stereocenters. The minimum absolute atomic E-state index is 0.0713. The maximum Gasteiger partial charge on any atom is 0.310 e. The van der Waals surface area contributed by atoms with Gasteiger partial charge in [0.25, 0.3) is 0 Å². The maximum atomic E-state index is 12.2. The predicted molar refractivity (Wildman–Crippen MR) is 79.1 cm³/mol. The van der Waals surface area contributed by atoms with Crippen LogP contribution in [-0.4, -0.2) is 17.8 Å². The molecule has 5 nitrogen and oxygen atoms in total. The summed E-state index contributed by atoms with van der Waals surface area (Å²) in [4.78, 5) is 22.5. The molecule has 0 spiro atoms. The SMILES string of the molecule is COc1cc(C(=O)Cc2ccc(Cl)cc2)ccc1[N+](=O)[O-]. The van der Waals surface area contributed by atoms with Crippen LogP contribution in [0.15, 0.2) is 42.5 Å². The average Bonchev–Trinajstić information content (AvgIpc) is 2.48. The Kier molecular flexibility index (Phi) is 4.55. The number of carbonyl (C=O) groups is 1. The molecule has 2 aromatic carbocycles. The van der Waals surface area contributed by atoms with Gasteiger partial charge in [-0.2, -0.15) is 0 Å². The van der Waals surface area contributed by atoms with Gasteiger partial charge in [0.1, 0.15) is 0 Å².